The molecule has 6 heteroatoms. The van der Waals surface area contributed by atoms with Gasteiger partial charge in [-0.25, -0.2) is 4.79 Å². The van der Waals surface area contributed by atoms with E-state index in [1.807, 2.05) is 25.7 Å². The molecule has 3 rings (SSSR count). The lowest BCUT2D eigenvalue weighted by molar-refractivity contribution is -0.128. The second kappa shape index (κ2) is 7.69. The number of carbonyl (C=O) groups excluding carboxylic acids is 2. The van der Waals surface area contributed by atoms with E-state index in [4.69, 9.17) is 5.26 Å². The Morgan fingerprint density at radius 2 is 1.70 bits per heavy atom. The molecule has 0 radical (unpaired) electrons. The quantitative estimate of drug-likeness (QED) is 0.890. The summed E-state index contributed by atoms with van der Waals surface area (Å²) in [5.74, 6) is 1.10. The van der Waals surface area contributed by atoms with Gasteiger partial charge in [-0.2, -0.15) is 5.26 Å². The summed E-state index contributed by atoms with van der Waals surface area (Å²) < 4.78 is 0. The number of anilines is 1. The Balaban J connectivity index is 1.55. The van der Waals surface area contributed by atoms with Crippen molar-refractivity contribution in [3.8, 4) is 6.07 Å². The minimum atomic E-state index is -0.306. The fourth-order valence-corrected chi connectivity index (χ4v) is 3.95. The molecule has 2 bridgehead atoms. The number of fused-ring (bicyclic) bond motifs is 2. The van der Waals surface area contributed by atoms with Crippen molar-refractivity contribution >= 4 is 17.5 Å². The van der Waals surface area contributed by atoms with E-state index in [0.29, 0.717) is 29.6 Å². The standard InChI is InChI=1S/C21H28N4O2/c1-21(2,3)19(26)14-24-10-16-8-17(11-24)13-25(12-16)20(27)23-18-6-4-15(9-22)5-7-18/h4-7,16-17H,8,10-14H2,1-3H3,(H,23,27). The van der Waals surface area contributed by atoms with Gasteiger partial charge in [0.05, 0.1) is 18.2 Å². The van der Waals surface area contributed by atoms with Crippen LogP contribution in [0.5, 0.6) is 0 Å². The van der Waals surface area contributed by atoms with Crippen molar-refractivity contribution in [3.63, 3.8) is 0 Å². The van der Waals surface area contributed by atoms with Gasteiger partial charge in [0, 0.05) is 37.3 Å². The molecule has 1 aromatic rings. The SMILES string of the molecule is CC(C)(C)C(=O)CN1CC2CC(C1)CN(C(=O)Nc1ccc(C#N)cc1)C2. The highest BCUT2D eigenvalue weighted by atomic mass is 16.2. The number of amides is 2. The molecule has 0 saturated carbocycles. The summed E-state index contributed by atoms with van der Waals surface area (Å²) in [6.07, 6.45) is 1.13. The molecule has 0 aliphatic carbocycles. The first-order valence-corrected chi connectivity index (χ1v) is 9.56. The maximum absolute atomic E-state index is 12.6. The molecule has 1 aromatic carbocycles. The molecule has 2 aliphatic rings. The van der Waals surface area contributed by atoms with Crippen LogP contribution in [0, 0.1) is 28.6 Å². The van der Waals surface area contributed by atoms with E-state index in [0.717, 1.165) is 32.6 Å². The highest BCUT2D eigenvalue weighted by Crippen LogP contribution is 2.29. The lowest BCUT2D eigenvalue weighted by atomic mass is 9.83. The van der Waals surface area contributed by atoms with Crippen LogP contribution >= 0.6 is 0 Å². The second-order valence-electron chi connectivity index (χ2n) is 8.86. The van der Waals surface area contributed by atoms with E-state index in [-0.39, 0.29) is 17.2 Å². The third kappa shape index (κ3) is 4.86. The number of hydrogen-bond donors (Lipinski definition) is 1. The maximum Gasteiger partial charge on any atom is 0.321 e. The van der Waals surface area contributed by atoms with Crippen LogP contribution in [0.4, 0.5) is 10.5 Å². The van der Waals surface area contributed by atoms with Gasteiger partial charge in [-0.15, -0.1) is 0 Å². The Bertz CT molecular complexity index is 731. The zero-order valence-electron chi connectivity index (χ0n) is 16.4. The van der Waals surface area contributed by atoms with Gasteiger partial charge in [0.2, 0.25) is 0 Å². The van der Waals surface area contributed by atoms with Crippen LogP contribution in [-0.2, 0) is 4.79 Å². The third-order valence-electron chi connectivity index (χ3n) is 5.41. The first-order valence-electron chi connectivity index (χ1n) is 9.56. The summed E-state index contributed by atoms with van der Waals surface area (Å²) in [6, 6.07) is 8.88. The van der Waals surface area contributed by atoms with Gasteiger partial charge in [-0.3, -0.25) is 9.69 Å². The molecule has 2 heterocycles. The fraction of sp³-hybridized carbons (Fsp3) is 0.571. The van der Waals surface area contributed by atoms with Crippen molar-refractivity contribution < 1.29 is 9.59 Å². The molecule has 0 spiro atoms. The van der Waals surface area contributed by atoms with Gasteiger partial charge in [-0.05, 0) is 42.5 Å². The van der Waals surface area contributed by atoms with Crippen molar-refractivity contribution in [1.82, 2.24) is 9.80 Å². The monoisotopic (exact) mass is 368 g/mol. The van der Waals surface area contributed by atoms with Gasteiger partial charge < -0.3 is 10.2 Å². The molecular weight excluding hydrogens is 340 g/mol. The molecule has 1 N–H and O–H groups in total. The van der Waals surface area contributed by atoms with Crippen LogP contribution in [0.15, 0.2) is 24.3 Å². The molecule has 0 aromatic heterocycles. The molecule has 27 heavy (non-hydrogen) atoms. The van der Waals surface area contributed by atoms with Gasteiger partial charge in [0.1, 0.15) is 0 Å². The Morgan fingerprint density at radius 3 is 2.22 bits per heavy atom. The van der Waals surface area contributed by atoms with Crippen LogP contribution in [0.25, 0.3) is 0 Å². The van der Waals surface area contributed by atoms with E-state index in [9.17, 15) is 9.59 Å². The number of urea groups is 1. The van der Waals surface area contributed by atoms with E-state index in [2.05, 4.69) is 16.3 Å². The minimum Gasteiger partial charge on any atom is -0.324 e. The largest absolute Gasteiger partial charge is 0.324 e. The summed E-state index contributed by atoms with van der Waals surface area (Å²) in [6.45, 7) is 9.60. The number of carbonyl (C=O) groups is 2. The molecular formula is C21H28N4O2. The number of hydrogen-bond acceptors (Lipinski definition) is 4. The summed E-state index contributed by atoms with van der Waals surface area (Å²) in [7, 11) is 0. The van der Waals surface area contributed by atoms with Crippen LogP contribution in [0.3, 0.4) is 0 Å². The molecule has 2 saturated heterocycles. The Kier molecular flexibility index (Phi) is 5.52. The highest BCUT2D eigenvalue weighted by Gasteiger charge is 2.37. The van der Waals surface area contributed by atoms with Crippen LogP contribution < -0.4 is 5.32 Å². The summed E-state index contributed by atoms with van der Waals surface area (Å²) in [5, 5.41) is 11.8. The zero-order chi connectivity index (χ0) is 19.6. The number of nitrogens with zero attached hydrogens (tertiary/aromatic N) is 3. The average Bonchev–Trinajstić information content (AvgIpc) is 2.60. The molecule has 2 amide bonds. The van der Waals surface area contributed by atoms with Crippen molar-refractivity contribution in [1.29, 1.82) is 5.26 Å². The summed E-state index contributed by atoms with van der Waals surface area (Å²) in [5.41, 5.74) is 0.970. The molecule has 2 fully saturated rings. The van der Waals surface area contributed by atoms with Gasteiger partial charge >= 0.3 is 6.03 Å². The number of likely N-dealkylation sites (tertiary alicyclic amines) is 2. The van der Waals surface area contributed by atoms with Crippen LogP contribution in [0.1, 0.15) is 32.8 Å². The Labute approximate surface area is 161 Å². The number of ketones is 1. The average molecular weight is 368 g/mol. The third-order valence-corrected chi connectivity index (χ3v) is 5.41. The van der Waals surface area contributed by atoms with Gasteiger partial charge in [-0.1, -0.05) is 20.8 Å². The number of rotatable bonds is 3. The highest BCUT2D eigenvalue weighted by molar-refractivity contribution is 5.89. The van der Waals surface area contributed by atoms with Crippen LogP contribution in [-0.4, -0.2) is 54.3 Å². The predicted molar refractivity (Wildman–Crippen MR) is 104 cm³/mol. The fourth-order valence-electron chi connectivity index (χ4n) is 3.95. The number of benzene rings is 1. The normalized spacial score (nSPS) is 22.8. The molecule has 144 valence electrons. The predicted octanol–water partition coefficient (Wildman–Crippen LogP) is 2.96. The number of nitrogens with one attached hydrogen (secondary N) is 1. The summed E-state index contributed by atoms with van der Waals surface area (Å²) in [4.78, 5) is 29.1. The number of piperidine rings is 2. The van der Waals surface area contributed by atoms with E-state index < -0.39 is 0 Å². The second-order valence-corrected chi connectivity index (χ2v) is 8.86. The van der Waals surface area contributed by atoms with Crippen molar-refractivity contribution in [2.75, 3.05) is 38.0 Å². The molecule has 6 nitrogen and oxygen atoms in total. The maximum atomic E-state index is 12.6. The topological polar surface area (TPSA) is 76.4 Å². The van der Waals surface area contributed by atoms with Gasteiger partial charge in [0.25, 0.3) is 0 Å². The first kappa shape index (κ1) is 19.4. The molecule has 2 unspecified atom stereocenters. The van der Waals surface area contributed by atoms with E-state index >= 15 is 0 Å². The van der Waals surface area contributed by atoms with Crippen molar-refractivity contribution in [2.45, 2.75) is 27.2 Å². The minimum absolute atomic E-state index is 0.0892. The Morgan fingerprint density at radius 1 is 1.11 bits per heavy atom. The smallest absolute Gasteiger partial charge is 0.321 e. The zero-order valence-corrected chi connectivity index (χ0v) is 16.4. The first-order chi connectivity index (χ1) is 12.7. The van der Waals surface area contributed by atoms with Crippen molar-refractivity contribution in [2.24, 2.45) is 17.3 Å². The summed E-state index contributed by atoms with van der Waals surface area (Å²) >= 11 is 0. The van der Waals surface area contributed by atoms with Crippen molar-refractivity contribution in [3.05, 3.63) is 29.8 Å². The lowest BCUT2D eigenvalue weighted by Gasteiger charge is -2.45. The Hall–Kier alpha value is -2.39. The van der Waals surface area contributed by atoms with Crippen LogP contribution in [0.2, 0.25) is 0 Å². The molecule has 2 atom stereocenters. The lowest BCUT2D eigenvalue weighted by Crippen LogP contribution is -2.56. The number of nitriles is 1. The van der Waals surface area contributed by atoms with E-state index in [1.54, 1.807) is 24.3 Å². The van der Waals surface area contributed by atoms with E-state index in [1.165, 1.54) is 0 Å². The molecule has 2 aliphatic heterocycles. The van der Waals surface area contributed by atoms with Gasteiger partial charge in [0.15, 0.2) is 5.78 Å². The number of Topliss-reactive ketones (excluding diaryl/α,β-unsaturated/α-hetero) is 1.